The molecule has 0 saturated carbocycles. The molecule has 3 nitrogen and oxygen atoms in total. The van der Waals surface area contributed by atoms with Gasteiger partial charge in [-0.05, 0) is 68.6 Å². The Morgan fingerprint density at radius 1 is 1.00 bits per heavy atom. The van der Waals surface area contributed by atoms with Crippen molar-refractivity contribution < 1.29 is 9.53 Å². The van der Waals surface area contributed by atoms with Crippen LogP contribution in [0.2, 0.25) is 0 Å². The van der Waals surface area contributed by atoms with Gasteiger partial charge in [0.25, 0.3) is 0 Å². The lowest BCUT2D eigenvalue weighted by atomic mass is 9.98. The number of rotatable bonds is 4. The van der Waals surface area contributed by atoms with Crippen LogP contribution in [0.3, 0.4) is 0 Å². The summed E-state index contributed by atoms with van der Waals surface area (Å²) in [6.45, 7) is 0.741. The van der Waals surface area contributed by atoms with Crippen molar-refractivity contribution in [3.8, 4) is 11.1 Å². The smallest absolute Gasteiger partial charge is 0.407 e. The van der Waals surface area contributed by atoms with Crippen LogP contribution in [0.1, 0.15) is 22.6 Å². The molecule has 27 heavy (non-hydrogen) atoms. The third-order valence-electron chi connectivity index (χ3n) is 4.72. The standard InChI is InChI=1S/C22H18INO2S/c23-15-9-14(10-16(27)11-15)12-24-22(25)26-13-21-19-7-3-1-5-17(19)18-6-2-4-8-20(18)21/h1-11,21,27H,12-13H2,(H,24,25). The minimum Gasteiger partial charge on any atom is -0.449 e. The molecule has 0 radical (unpaired) electrons. The first-order valence-electron chi connectivity index (χ1n) is 8.69. The fraction of sp³-hybridized carbons (Fsp3) is 0.136. The molecular weight excluding hydrogens is 469 g/mol. The average molecular weight is 487 g/mol. The van der Waals surface area contributed by atoms with E-state index in [2.05, 4.69) is 64.8 Å². The Bertz CT molecular complexity index is 939. The van der Waals surface area contributed by atoms with Crippen LogP contribution < -0.4 is 5.32 Å². The lowest BCUT2D eigenvalue weighted by Gasteiger charge is -2.14. The summed E-state index contributed by atoms with van der Waals surface area (Å²) < 4.78 is 6.64. The molecule has 1 aliphatic rings. The highest BCUT2D eigenvalue weighted by molar-refractivity contribution is 14.1. The molecule has 4 rings (SSSR count). The number of fused-ring (bicyclic) bond motifs is 3. The third-order valence-corrected chi connectivity index (χ3v) is 5.60. The van der Waals surface area contributed by atoms with Gasteiger partial charge < -0.3 is 10.1 Å². The SMILES string of the molecule is O=C(NCc1cc(S)cc(I)c1)OCC1c2ccccc2-c2ccccc21. The zero-order valence-electron chi connectivity index (χ0n) is 14.5. The van der Waals surface area contributed by atoms with Gasteiger partial charge in [-0.15, -0.1) is 12.6 Å². The van der Waals surface area contributed by atoms with E-state index in [0.717, 1.165) is 14.0 Å². The second-order valence-corrected chi connectivity index (χ2v) is 8.26. The number of carbonyl (C=O) groups is 1. The molecule has 0 fully saturated rings. The normalized spacial score (nSPS) is 12.4. The summed E-state index contributed by atoms with van der Waals surface area (Å²) in [5.41, 5.74) is 5.87. The van der Waals surface area contributed by atoms with E-state index in [1.54, 1.807) is 0 Å². The maximum Gasteiger partial charge on any atom is 0.407 e. The molecule has 0 atom stereocenters. The van der Waals surface area contributed by atoms with Crippen LogP contribution in [-0.4, -0.2) is 12.7 Å². The number of hydrogen-bond donors (Lipinski definition) is 2. The third kappa shape index (κ3) is 3.99. The van der Waals surface area contributed by atoms with E-state index in [4.69, 9.17) is 4.74 Å². The number of benzene rings is 3. The van der Waals surface area contributed by atoms with Gasteiger partial charge in [0.15, 0.2) is 0 Å². The van der Waals surface area contributed by atoms with Gasteiger partial charge in [0.2, 0.25) is 0 Å². The zero-order chi connectivity index (χ0) is 18.8. The fourth-order valence-corrected chi connectivity index (χ4v) is 4.85. The van der Waals surface area contributed by atoms with E-state index in [0.29, 0.717) is 13.2 Å². The minimum absolute atomic E-state index is 0.0740. The van der Waals surface area contributed by atoms with Crippen molar-refractivity contribution >= 4 is 41.3 Å². The van der Waals surface area contributed by atoms with Crippen molar-refractivity contribution in [2.24, 2.45) is 0 Å². The molecule has 0 aliphatic heterocycles. The minimum atomic E-state index is -0.406. The van der Waals surface area contributed by atoms with Gasteiger partial charge in [-0.2, -0.15) is 0 Å². The molecule has 1 aliphatic carbocycles. The molecule has 0 saturated heterocycles. The van der Waals surface area contributed by atoms with Gasteiger partial charge in [0.05, 0.1) is 0 Å². The maximum atomic E-state index is 12.2. The van der Waals surface area contributed by atoms with Crippen LogP contribution in [-0.2, 0) is 11.3 Å². The summed E-state index contributed by atoms with van der Waals surface area (Å²) >= 11 is 6.61. The molecule has 1 N–H and O–H groups in total. The van der Waals surface area contributed by atoms with Crippen LogP contribution in [0.25, 0.3) is 11.1 Å². The first kappa shape index (κ1) is 18.4. The summed E-state index contributed by atoms with van der Waals surface area (Å²) in [6, 6.07) is 22.6. The number of thiol groups is 1. The van der Waals surface area contributed by atoms with Gasteiger partial charge in [0, 0.05) is 20.9 Å². The Morgan fingerprint density at radius 2 is 1.63 bits per heavy atom. The molecule has 0 bridgehead atoms. The predicted molar refractivity (Wildman–Crippen MR) is 118 cm³/mol. The fourth-order valence-electron chi connectivity index (χ4n) is 3.56. The largest absolute Gasteiger partial charge is 0.449 e. The van der Waals surface area contributed by atoms with Gasteiger partial charge in [0.1, 0.15) is 6.61 Å². The van der Waals surface area contributed by atoms with E-state index in [9.17, 15) is 4.79 Å². The van der Waals surface area contributed by atoms with Crippen LogP contribution in [0.15, 0.2) is 71.6 Å². The quantitative estimate of drug-likeness (QED) is 0.371. The van der Waals surface area contributed by atoms with Crippen LogP contribution in [0.4, 0.5) is 4.79 Å². The molecule has 3 aromatic rings. The second kappa shape index (κ2) is 7.94. The van der Waals surface area contributed by atoms with Gasteiger partial charge in [-0.3, -0.25) is 0 Å². The first-order valence-corrected chi connectivity index (χ1v) is 10.2. The molecule has 136 valence electrons. The topological polar surface area (TPSA) is 38.3 Å². The van der Waals surface area contributed by atoms with Crippen LogP contribution >= 0.6 is 35.2 Å². The molecular formula is C22H18INO2S. The monoisotopic (exact) mass is 487 g/mol. The zero-order valence-corrected chi connectivity index (χ0v) is 17.5. The molecule has 5 heteroatoms. The first-order chi connectivity index (χ1) is 13.1. The summed E-state index contributed by atoms with van der Waals surface area (Å²) in [5.74, 6) is 0.0740. The van der Waals surface area contributed by atoms with Crippen molar-refractivity contribution in [2.75, 3.05) is 6.61 Å². The Hall–Kier alpha value is -1.99. The van der Waals surface area contributed by atoms with E-state index < -0.39 is 6.09 Å². The van der Waals surface area contributed by atoms with Gasteiger partial charge >= 0.3 is 6.09 Å². The van der Waals surface area contributed by atoms with Gasteiger partial charge in [-0.1, -0.05) is 48.5 Å². The van der Waals surface area contributed by atoms with Crippen molar-refractivity contribution in [2.45, 2.75) is 17.4 Å². The van der Waals surface area contributed by atoms with Crippen molar-refractivity contribution in [1.82, 2.24) is 5.32 Å². The molecule has 0 heterocycles. The molecule has 3 aromatic carbocycles. The molecule has 0 aromatic heterocycles. The second-order valence-electron chi connectivity index (χ2n) is 6.50. The summed E-state index contributed by atoms with van der Waals surface area (Å²) in [4.78, 5) is 13.1. The van der Waals surface area contributed by atoms with Crippen molar-refractivity contribution in [3.05, 3.63) is 87.0 Å². The molecule has 0 spiro atoms. The Kier molecular flexibility index (Phi) is 5.41. The van der Waals surface area contributed by atoms with Crippen LogP contribution in [0, 0.1) is 3.57 Å². The van der Waals surface area contributed by atoms with E-state index >= 15 is 0 Å². The van der Waals surface area contributed by atoms with Crippen molar-refractivity contribution in [1.29, 1.82) is 0 Å². The number of amides is 1. The average Bonchev–Trinajstić information content (AvgIpc) is 2.98. The number of hydrogen-bond acceptors (Lipinski definition) is 3. The lowest BCUT2D eigenvalue weighted by Crippen LogP contribution is -2.25. The molecule has 1 amide bonds. The Labute approximate surface area is 177 Å². The Balaban J connectivity index is 1.42. The number of alkyl carbamates (subject to hydrolysis) is 1. The highest BCUT2D eigenvalue weighted by Crippen LogP contribution is 2.44. The number of nitrogens with one attached hydrogen (secondary N) is 1. The predicted octanol–water partition coefficient (Wildman–Crippen LogP) is 5.62. The summed E-state index contributed by atoms with van der Waals surface area (Å²) in [7, 11) is 0. The van der Waals surface area contributed by atoms with E-state index in [-0.39, 0.29) is 5.92 Å². The number of halogens is 1. The lowest BCUT2D eigenvalue weighted by molar-refractivity contribution is 0.142. The van der Waals surface area contributed by atoms with Crippen molar-refractivity contribution in [3.63, 3.8) is 0 Å². The van der Waals surface area contributed by atoms with E-state index in [1.165, 1.54) is 22.3 Å². The van der Waals surface area contributed by atoms with E-state index in [1.807, 2.05) is 42.5 Å². The number of carbonyl (C=O) groups excluding carboxylic acids is 1. The van der Waals surface area contributed by atoms with Gasteiger partial charge in [-0.25, -0.2) is 4.79 Å². The Morgan fingerprint density at radius 3 is 2.26 bits per heavy atom. The van der Waals surface area contributed by atoms with Crippen LogP contribution in [0.5, 0.6) is 0 Å². The highest BCUT2D eigenvalue weighted by Gasteiger charge is 2.28. The number of ether oxygens (including phenoxy) is 1. The highest BCUT2D eigenvalue weighted by atomic mass is 127. The maximum absolute atomic E-state index is 12.2. The summed E-state index contributed by atoms with van der Waals surface area (Å²) in [6.07, 6.45) is -0.406. The summed E-state index contributed by atoms with van der Waals surface area (Å²) in [5, 5.41) is 2.83. The molecule has 0 unspecified atom stereocenters.